The van der Waals surface area contributed by atoms with Gasteiger partial charge in [0, 0.05) is 31.4 Å². The third-order valence-electron chi connectivity index (χ3n) is 4.55. The van der Waals surface area contributed by atoms with Gasteiger partial charge in [0.2, 0.25) is 5.91 Å². The molecule has 2 heterocycles. The lowest BCUT2D eigenvalue weighted by molar-refractivity contribution is -0.121. The number of imide groups is 1. The lowest BCUT2D eigenvalue weighted by Gasteiger charge is -2.17. The Kier molecular flexibility index (Phi) is 4.70. The standard InChI is InChI=1S/C19H21N5O3/c1-4-5-10-19(22-23-19)11-9-15(25)20-13-7-6-8-14(12-13)24-16(26)18(2,3)21-17(24)27/h1,6-8,12H,5,9-11H2,2-3H3,(H,20,25)(H,21,27). The molecule has 3 rings (SSSR count). The van der Waals surface area contributed by atoms with E-state index in [9.17, 15) is 14.4 Å². The number of nitrogens with one attached hydrogen (secondary N) is 2. The van der Waals surface area contributed by atoms with Crippen LogP contribution < -0.4 is 15.5 Å². The van der Waals surface area contributed by atoms with E-state index in [0.29, 0.717) is 30.6 Å². The van der Waals surface area contributed by atoms with Gasteiger partial charge in [0.1, 0.15) is 5.54 Å². The molecule has 27 heavy (non-hydrogen) atoms. The van der Waals surface area contributed by atoms with Gasteiger partial charge in [-0.1, -0.05) is 6.07 Å². The minimum absolute atomic E-state index is 0.193. The average Bonchev–Trinajstić information content (AvgIpc) is 3.34. The van der Waals surface area contributed by atoms with E-state index in [0.717, 1.165) is 4.90 Å². The largest absolute Gasteiger partial charge is 0.329 e. The molecule has 1 aromatic carbocycles. The third-order valence-corrected chi connectivity index (χ3v) is 4.55. The molecular formula is C19H21N5O3. The normalized spacial score (nSPS) is 18.8. The van der Waals surface area contributed by atoms with Gasteiger partial charge < -0.3 is 10.6 Å². The fraction of sp³-hybridized carbons (Fsp3) is 0.421. The van der Waals surface area contributed by atoms with Gasteiger partial charge in [-0.15, -0.1) is 12.3 Å². The molecule has 0 aromatic heterocycles. The first kappa shape index (κ1) is 18.6. The highest BCUT2D eigenvalue weighted by Crippen LogP contribution is 2.37. The van der Waals surface area contributed by atoms with Crippen molar-refractivity contribution >= 4 is 29.2 Å². The van der Waals surface area contributed by atoms with Crippen molar-refractivity contribution in [1.29, 1.82) is 0 Å². The first-order valence-electron chi connectivity index (χ1n) is 8.70. The molecule has 0 spiro atoms. The van der Waals surface area contributed by atoms with E-state index in [1.54, 1.807) is 38.1 Å². The number of hydrogen-bond donors (Lipinski definition) is 2. The topological polar surface area (TPSA) is 103 Å². The van der Waals surface area contributed by atoms with Gasteiger partial charge in [0.25, 0.3) is 5.91 Å². The van der Waals surface area contributed by atoms with Gasteiger partial charge in [0.05, 0.1) is 5.69 Å². The van der Waals surface area contributed by atoms with Crippen molar-refractivity contribution in [3.63, 3.8) is 0 Å². The molecule has 0 saturated carbocycles. The molecule has 1 aromatic rings. The Labute approximate surface area is 157 Å². The first-order valence-corrected chi connectivity index (χ1v) is 8.70. The second kappa shape index (κ2) is 6.83. The van der Waals surface area contributed by atoms with Gasteiger partial charge in [-0.25, -0.2) is 9.69 Å². The number of urea groups is 1. The van der Waals surface area contributed by atoms with Crippen LogP contribution >= 0.6 is 0 Å². The molecule has 0 aliphatic carbocycles. The van der Waals surface area contributed by atoms with Gasteiger partial charge in [-0.3, -0.25) is 9.59 Å². The molecule has 8 heteroatoms. The molecule has 0 atom stereocenters. The van der Waals surface area contributed by atoms with E-state index in [-0.39, 0.29) is 18.2 Å². The van der Waals surface area contributed by atoms with E-state index in [4.69, 9.17) is 6.42 Å². The maximum absolute atomic E-state index is 12.4. The Balaban J connectivity index is 1.61. The van der Waals surface area contributed by atoms with Crippen molar-refractivity contribution in [2.45, 2.75) is 50.7 Å². The van der Waals surface area contributed by atoms with Crippen molar-refractivity contribution < 1.29 is 14.4 Å². The Morgan fingerprint density at radius 2 is 2.04 bits per heavy atom. The van der Waals surface area contributed by atoms with Crippen molar-refractivity contribution in [3.8, 4) is 12.3 Å². The van der Waals surface area contributed by atoms with E-state index in [1.807, 2.05) is 0 Å². The maximum atomic E-state index is 12.4. The number of amides is 4. The van der Waals surface area contributed by atoms with Crippen LogP contribution in [0.4, 0.5) is 16.2 Å². The van der Waals surface area contributed by atoms with Crippen LogP contribution in [-0.4, -0.2) is 29.0 Å². The lowest BCUT2D eigenvalue weighted by atomic mass is 10.0. The summed E-state index contributed by atoms with van der Waals surface area (Å²) in [5, 5.41) is 13.4. The van der Waals surface area contributed by atoms with Crippen molar-refractivity contribution in [2.75, 3.05) is 10.2 Å². The van der Waals surface area contributed by atoms with Crippen LogP contribution in [-0.2, 0) is 9.59 Å². The predicted octanol–water partition coefficient (Wildman–Crippen LogP) is 2.82. The van der Waals surface area contributed by atoms with E-state index < -0.39 is 17.2 Å². The van der Waals surface area contributed by atoms with Gasteiger partial charge >= 0.3 is 6.03 Å². The number of benzene rings is 1. The molecule has 0 bridgehead atoms. The van der Waals surface area contributed by atoms with Gasteiger partial charge in [0.15, 0.2) is 5.66 Å². The fourth-order valence-corrected chi connectivity index (χ4v) is 2.91. The summed E-state index contributed by atoms with van der Waals surface area (Å²) in [6, 6.07) is 6.13. The lowest BCUT2D eigenvalue weighted by Crippen LogP contribution is -2.40. The number of anilines is 2. The zero-order valence-corrected chi connectivity index (χ0v) is 15.3. The molecule has 4 amide bonds. The fourth-order valence-electron chi connectivity index (χ4n) is 2.91. The molecule has 1 fully saturated rings. The van der Waals surface area contributed by atoms with Crippen LogP contribution in [0.3, 0.4) is 0 Å². The summed E-state index contributed by atoms with van der Waals surface area (Å²) in [5.41, 5.74) is -0.555. The van der Waals surface area contributed by atoms with Gasteiger partial charge in [-0.2, -0.15) is 10.2 Å². The Hall–Kier alpha value is -3.21. The number of carbonyl (C=O) groups is 3. The molecule has 0 radical (unpaired) electrons. The highest BCUT2D eigenvalue weighted by Gasteiger charge is 2.45. The minimum Gasteiger partial charge on any atom is -0.326 e. The Morgan fingerprint density at radius 1 is 1.30 bits per heavy atom. The summed E-state index contributed by atoms with van der Waals surface area (Å²) in [6.07, 6.45) is 7.22. The molecule has 140 valence electrons. The molecule has 0 unspecified atom stereocenters. The SMILES string of the molecule is C#CCCC1(CCC(=O)Nc2cccc(N3C(=O)NC(C)(C)C3=O)c2)N=N1. The maximum Gasteiger partial charge on any atom is 0.329 e. The molecule has 2 aliphatic heterocycles. The van der Waals surface area contributed by atoms with E-state index >= 15 is 0 Å². The molecule has 2 aliphatic rings. The highest BCUT2D eigenvalue weighted by molar-refractivity contribution is 6.23. The van der Waals surface area contributed by atoms with Crippen LogP contribution in [0.15, 0.2) is 34.5 Å². The summed E-state index contributed by atoms with van der Waals surface area (Å²) >= 11 is 0. The zero-order chi connectivity index (χ0) is 19.7. The van der Waals surface area contributed by atoms with Crippen molar-refractivity contribution in [3.05, 3.63) is 24.3 Å². The monoisotopic (exact) mass is 367 g/mol. The predicted molar refractivity (Wildman–Crippen MR) is 100 cm³/mol. The number of carbonyl (C=O) groups excluding carboxylic acids is 3. The second-order valence-electron chi connectivity index (χ2n) is 7.18. The first-order chi connectivity index (χ1) is 12.8. The summed E-state index contributed by atoms with van der Waals surface area (Å²) in [5.74, 6) is 2.02. The van der Waals surface area contributed by atoms with Crippen LogP contribution in [0, 0.1) is 12.3 Å². The van der Waals surface area contributed by atoms with Crippen molar-refractivity contribution in [2.24, 2.45) is 10.2 Å². The van der Waals surface area contributed by atoms with Crippen LogP contribution in [0.2, 0.25) is 0 Å². The summed E-state index contributed by atoms with van der Waals surface area (Å²) < 4.78 is 0. The molecule has 2 N–H and O–H groups in total. The van der Waals surface area contributed by atoms with Crippen LogP contribution in [0.5, 0.6) is 0 Å². The summed E-state index contributed by atoms with van der Waals surface area (Å²) in [7, 11) is 0. The van der Waals surface area contributed by atoms with Crippen molar-refractivity contribution in [1.82, 2.24) is 5.32 Å². The van der Waals surface area contributed by atoms with Crippen LogP contribution in [0.25, 0.3) is 0 Å². The average molecular weight is 367 g/mol. The summed E-state index contributed by atoms with van der Waals surface area (Å²) in [4.78, 5) is 37.8. The molecule has 8 nitrogen and oxygen atoms in total. The minimum atomic E-state index is -0.958. The second-order valence-corrected chi connectivity index (χ2v) is 7.18. The quantitative estimate of drug-likeness (QED) is 0.572. The molecule has 1 saturated heterocycles. The summed E-state index contributed by atoms with van der Waals surface area (Å²) in [6.45, 7) is 3.28. The number of terminal acetylenes is 1. The third kappa shape index (κ3) is 3.97. The van der Waals surface area contributed by atoms with E-state index in [1.165, 1.54) is 0 Å². The van der Waals surface area contributed by atoms with Gasteiger partial charge in [-0.05, 0) is 32.0 Å². The number of rotatable bonds is 7. The van der Waals surface area contributed by atoms with Crippen LogP contribution in [0.1, 0.15) is 39.5 Å². The Bertz CT molecular complexity index is 862. The highest BCUT2D eigenvalue weighted by atomic mass is 16.2. The number of hydrogen-bond acceptors (Lipinski definition) is 5. The zero-order valence-electron chi connectivity index (χ0n) is 15.3. The smallest absolute Gasteiger partial charge is 0.326 e. The Morgan fingerprint density at radius 3 is 2.63 bits per heavy atom. The van der Waals surface area contributed by atoms with E-state index in [2.05, 4.69) is 26.8 Å². The molecular weight excluding hydrogens is 346 g/mol. The number of nitrogens with zero attached hydrogens (tertiary/aromatic N) is 3.